The summed E-state index contributed by atoms with van der Waals surface area (Å²) in [7, 11) is 1.64. The van der Waals surface area contributed by atoms with Gasteiger partial charge in [0.25, 0.3) is 0 Å². The molecule has 1 N–H and O–H groups in total. The van der Waals surface area contributed by atoms with Gasteiger partial charge in [0.15, 0.2) is 0 Å². The van der Waals surface area contributed by atoms with E-state index in [1.54, 1.807) is 18.9 Å². The molecule has 0 aromatic heterocycles. The van der Waals surface area contributed by atoms with Gasteiger partial charge in [-0.05, 0) is 24.6 Å². The average Bonchev–Trinajstić information content (AvgIpc) is 2.62. The van der Waals surface area contributed by atoms with E-state index < -0.39 is 0 Å². The van der Waals surface area contributed by atoms with Gasteiger partial charge in [0, 0.05) is 26.1 Å². The molecule has 1 aliphatic heterocycles. The number of nitrogens with zero attached hydrogens (tertiary/aromatic N) is 1. The molecule has 0 bridgehead atoms. The number of carbonyl (C=O) groups excluding carboxylic acids is 2. The number of hydrogen-bond acceptors (Lipinski definition) is 5. The Morgan fingerprint density at radius 1 is 1.40 bits per heavy atom. The first-order valence-electron chi connectivity index (χ1n) is 8.55. The highest BCUT2D eigenvalue weighted by molar-refractivity contribution is 5.75. The second-order valence-corrected chi connectivity index (χ2v) is 5.78. The minimum Gasteiger partial charge on any atom is -0.497 e. The Morgan fingerprint density at radius 3 is 3.00 bits per heavy atom. The van der Waals surface area contributed by atoms with Gasteiger partial charge in [-0.25, -0.2) is 4.79 Å². The number of morpholine rings is 1. The Morgan fingerprint density at radius 2 is 2.24 bits per heavy atom. The van der Waals surface area contributed by atoms with Gasteiger partial charge in [-0.15, -0.1) is 0 Å². The van der Waals surface area contributed by atoms with Crippen LogP contribution in [0.15, 0.2) is 24.3 Å². The molecule has 0 aliphatic carbocycles. The minimum atomic E-state index is -0.305. The van der Waals surface area contributed by atoms with Crippen molar-refractivity contribution in [1.82, 2.24) is 10.2 Å². The molecule has 2 rings (SSSR count). The highest BCUT2D eigenvalue weighted by Crippen LogP contribution is 2.17. The SMILES string of the molecule is CCOC(=O)CCNC(=O)N1CCO[C@H](Cc2cccc(OC)c2)C1. The molecular weight excluding hydrogens is 324 g/mol. The predicted molar refractivity (Wildman–Crippen MR) is 92.7 cm³/mol. The Hall–Kier alpha value is -2.28. The van der Waals surface area contributed by atoms with Gasteiger partial charge in [-0.3, -0.25) is 4.79 Å². The zero-order valence-electron chi connectivity index (χ0n) is 14.8. The number of hydrogen-bond donors (Lipinski definition) is 1. The first-order valence-corrected chi connectivity index (χ1v) is 8.55. The fourth-order valence-electron chi connectivity index (χ4n) is 2.71. The summed E-state index contributed by atoms with van der Waals surface area (Å²) in [6.07, 6.45) is 0.831. The van der Waals surface area contributed by atoms with Crippen molar-refractivity contribution in [3.8, 4) is 5.75 Å². The van der Waals surface area contributed by atoms with E-state index in [1.807, 2.05) is 24.3 Å². The third kappa shape index (κ3) is 6.26. The molecule has 0 radical (unpaired) electrons. The maximum Gasteiger partial charge on any atom is 0.317 e. The number of esters is 1. The molecule has 0 saturated carbocycles. The third-order valence-corrected chi connectivity index (χ3v) is 3.93. The first-order chi connectivity index (χ1) is 12.1. The quantitative estimate of drug-likeness (QED) is 0.756. The normalized spacial score (nSPS) is 17.0. The first kappa shape index (κ1) is 19.1. The van der Waals surface area contributed by atoms with Crippen molar-refractivity contribution in [2.24, 2.45) is 0 Å². The van der Waals surface area contributed by atoms with Crippen LogP contribution in [0.4, 0.5) is 4.79 Å². The number of urea groups is 1. The zero-order valence-corrected chi connectivity index (χ0v) is 14.8. The van der Waals surface area contributed by atoms with E-state index in [2.05, 4.69) is 5.32 Å². The van der Waals surface area contributed by atoms with E-state index in [4.69, 9.17) is 14.2 Å². The fourth-order valence-corrected chi connectivity index (χ4v) is 2.71. The van der Waals surface area contributed by atoms with Gasteiger partial charge in [0.1, 0.15) is 5.75 Å². The Labute approximate surface area is 148 Å². The predicted octanol–water partition coefficient (Wildman–Crippen LogP) is 1.60. The van der Waals surface area contributed by atoms with Crippen LogP contribution in [0.5, 0.6) is 5.75 Å². The summed E-state index contributed by atoms with van der Waals surface area (Å²) in [5, 5.41) is 2.75. The molecule has 1 aromatic rings. The lowest BCUT2D eigenvalue weighted by atomic mass is 10.1. The minimum absolute atomic E-state index is 0.0586. The molecule has 1 aromatic carbocycles. The summed E-state index contributed by atoms with van der Waals surface area (Å²) in [5.74, 6) is 0.502. The van der Waals surface area contributed by atoms with Crippen LogP contribution in [0.25, 0.3) is 0 Å². The van der Waals surface area contributed by atoms with Crippen LogP contribution in [-0.2, 0) is 20.7 Å². The Bertz CT molecular complexity index is 578. The van der Waals surface area contributed by atoms with Gasteiger partial charge in [-0.2, -0.15) is 0 Å². The van der Waals surface area contributed by atoms with Crippen molar-refractivity contribution in [2.45, 2.75) is 25.9 Å². The maximum atomic E-state index is 12.2. The van der Waals surface area contributed by atoms with Gasteiger partial charge >= 0.3 is 12.0 Å². The zero-order chi connectivity index (χ0) is 18.1. The summed E-state index contributed by atoms with van der Waals surface area (Å²) in [5.41, 5.74) is 1.11. The topological polar surface area (TPSA) is 77.1 Å². The van der Waals surface area contributed by atoms with E-state index in [0.29, 0.717) is 32.7 Å². The summed E-state index contributed by atoms with van der Waals surface area (Å²) in [6, 6.07) is 7.65. The standard InChI is InChI=1S/C18H26N2O5/c1-3-24-17(21)7-8-19-18(22)20-9-10-25-16(13-20)12-14-5-4-6-15(11-14)23-2/h4-6,11,16H,3,7-10,12-13H2,1-2H3,(H,19,22)/t16-/m1/s1. The molecule has 1 saturated heterocycles. The number of carbonyl (C=O) groups is 2. The average molecular weight is 350 g/mol. The van der Waals surface area contributed by atoms with Crippen LogP contribution in [0.1, 0.15) is 18.9 Å². The van der Waals surface area contributed by atoms with Crippen molar-refractivity contribution in [3.05, 3.63) is 29.8 Å². The van der Waals surface area contributed by atoms with Crippen LogP contribution >= 0.6 is 0 Å². The number of methoxy groups -OCH3 is 1. The summed E-state index contributed by atoms with van der Waals surface area (Å²) in [6.45, 7) is 3.94. The smallest absolute Gasteiger partial charge is 0.317 e. The van der Waals surface area contributed by atoms with Gasteiger partial charge in [-0.1, -0.05) is 12.1 Å². The fraction of sp³-hybridized carbons (Fsp3) is 0.556. The molecule has 2 amide bonds. The second kappa shape index (κ2) is 9.88. The van der Waals surface area contributed by atoms with Gasteiger partial charge < -0.3 is 24.4 Å². The Kier molecular flexibility index (Phi) is 7.53. The summed E-state index contributed by atoms with van der Waals surface area (Å²) < 4.78 is 15.8. The lowest BCUT2D eigenvalue weighted by molar-refractivity contribution is -0.142. The monoisotopic (exact) mass is 350 g/mol. The van der Waals surface area contributed by atoms with Crippen LogP contribution in [0, 0.1) is 0 Å². The van der Waals surface area contributed by atoms with Crippen molar-refractivity contribution >= 4 is 12.0 Å². The van der Waals surface area contributed by atoms with Gasteiger partial charge in [0.2, 0.25) is 0 Å². The molecule has 25 heavy (non-hydrogen) atoms. The molecule has 1 atom stereocenters. The Balaban J connectivity index is 1.79. The van der Waals surface area contributed by atoms with Crippen LogP contribution < -0.4 is 10.1 Å². The molecular formula is C18H26N2O5. The molecule has 1 heterocycles. The molecule has 1 fully saturated rings. The molecule has 0 unspecified atom stereocenters. The van der Waals surface area contributed by atoms with E-state index >= 15 is 0 Å². The molecule has 0 spiro atoms. The van der Waals surface area contributed by atoms with Crippen molar-refractivity contribution < 1.29 is 23.8 Å². The van der Waals surface area contributed by atoms with Crippen LogP contribution in [0.2, 0.25) is 0 Å². The molecule has 7 nitrogen and oxygen atoms in total. The van der Waals surface area contributed by atoms with E-state index in [1.165, 1.54) is 0 Å². The highest BCUT2D eigenvalue weighted by atomic mass is 16.5. The third-order valence-electron chi connectivity index (χ3n) is 3.93. The van der Waals surface area contributed by atoms with E-state index in [9.17, 15) is 9.59 Å². The molecule has 1 aliphatic rings. The van der Waals surface area contributed by atoms with Crippen molar-refractivity contribution in [3.63, 3.8) is 0 Å². The number of nitrogens with one attached hydrogen (secondary N) is 1. The summed E-state index contributed by atoms with van der Waals surface area (Å²) in [4.78, 5) is 25.2. The van der Waals surface area contributed by atoms with Gasteiger partial charge in [0.05, 0.1) is 32.8 Å². The lowest BCUT2D eigenvalue weighted by Crippen LogP contribution is -2.50. The second-order valence-electron chi connectivity index (χ2n) is 5.78. The van der Waals surface area contributed by atoms with Crippen LogP contribution in [-0.4, -0.2) is 63.0 Å². The number of rotatable bonds is 7. The number of benzene rings is 1. The number of ether oxygens (including phenoxy) is 3. The lowest BCUT2D eigenvalue weighted by Gasteiger charge is -2.33. The largest absolute Gasteiger partial charge is 0.497 e. The van der Waals surface area contributed by atoms with Crippen LogP contribution in [0.3, 0.4) is 0 Å². The van der Waals surface area contributed by atoms with E-state index in [0.717, 1.165) is 11.3 Å². The molecule has 7 heteroatoms. The number of amides is 2. The maximum absolute atomic E-state index is 12.2. The van der Waals surface area contributed by atoms with E-state index in [-0.39, 0.29) is 31.1 Å². The molecule has 138 valence electrons. The summed E-state index contributed by atoms with van der Waals surface area (Å²) >= 11 is 0. The van der Waals surface area contributed by atoms with Crippen molar-refractivity contribution in [1.29, 1.82) is 0 Å². The highest BCUT2D eigenvalue weighted by Gasteiger charge is 2.24. The van der Waals surface area contributed by atoms with Crippen molar-refractivity contribution in [2.75, 3.05) is 40.0 Å².